The molecule has 0 saturated heterocycles. The molecular formula is C23H32NO+. The Kier molecular flexibility index (Phi) is 5.31. The first kappa shape index (κ1) is 18.2. The lowest BCUT2D eigenvalue weighted by Gasteiger charge is -2.48. The third-order valence-corrected chi connectivity index (χ3v) is 5.77. The van der Waals surface area contributed by atoms with E-state index in [2.05, 4.69) is 75.7 Å². The van der Waals surface area contributed by atoms with Crippen LogP contribution >= 0.6 is 0 Å². The van der Waals surface area contributed by atoms with E-state index in [0.717, 1.165) is 30.2 Å². The lowest BCUT2D eigenvalue weighted by atomic mass is 9.67. The molecule has 2 heteroatoms. The fraction of sp³-hybridized carbons (Fsp3) is 0.478. The van der Waals surface area contributed by atoms with Gasteiger partial charge in [-0.25, -0.2) is 0 Å². The van der Waals surface area contributed by atoms with Gasteiger partial charge in [0.2, 0.25) is 0 Å². The van der Waals surface area contributed by atoms with Gasteiger partial charge in [-0.2, -0.15) is 0 Å². The average molecular weight is 339 g/mol. The molecule has 0 heterocycles. The molecule has 134 valence electrons. The van der Waals surface area contributed by atoms with E-state index in [-0.39, 0.29) is 5.92 Å². The SMILES string of the molecule is C[N+](C)(C)[C@H](c1ccccc1)[C@H]1CCCC[C@@]1(O)Cc1ccccc1. The molecular weight excluding hydrogens is 306 g/mol. The standard InChI is InChI=1S/C23H32NO/c1-24(2,3)22(20-14-8-5-9-15-20)21-16-10-11-17-23(21,25)18-19-12-6-4-7-13-19/h4-9,12-15,21-22,25H,10-11,16-18H2,1-3H3/q+1/t21-,22-,23-/m1/s1. The summed E-state index contributed by atoms with van der Waals surface area (Å²) in [7, 11) is 6.78. The van der Waals surface area contributed by atoms with Gasteiger partial charge >= 0.3 is 0 Å². The monoisotopic (exact) mass is 338 g/mol. The molecule has 2 aromatic carbocycles. The molecule has 1 aliphatic rings. The number of nitrogens with zero attached hydrogens (tertiary/aromatic N) is 1. The van der Waals surface area contributed by atoms with Gasteiger partial charge in [-0.3, -0.25) is 0 Å². The third-order valence-electron chi connectivity index (χ3n) is 5.77. The normalized spacial score (nSPS) is 25.5. The third kappa shape index (κ3) is 4.13. The zero-order valence-corrected chi connectivity index (χ0v) is 15.9. The molecule has 1 N–H and O–H groups in total. The van der Waals surface area contributed by atoms with Crippen LogP contribution in [0, 0.1) is 5.92 Å². The number of benzene rings is 2. The van der Waals surface area contributed by atoms with Crippen LogP contribution in [0.2, 0.25) is 0 Å². The Bertz CT molecular complexity index is 661. The second kappa shape index (κ2) is 7.31. The van der Waals surface area contributed by atoms with Crippen molar-refractivity contribution >= 4 is 0 Å². The summed E-state index contributed by atoms with van der Waals surface area (Å²) >= 11 is 0. The molecule has 2 aromatic rings. The summed E-state index contributed by atoms with van der Waals surface area (Å²) in [6.45, 7) is 0. The highest BCUT2D eigenvalue weighted by atomic mass is 16.3. The minimum atomic E-state index is -0.633. The van der Waals surface area contributed by atoms with Crippen LogP contribution in [0.1, 0.15) is 42.9 Å². The van der Waals surface area contributed by atoms with Crippen LogP contribution in [0.3, 0.4) is 0 Å². The first-order valence-electron chi connectivity index (χ1n) is 9.52. The Labute approximate surface area is 152 Å². The van der Waals surface area contributed by atoms with Crippen LogP contribution in [-0.2, 0) is 6.42 Å². The first-order chi connectivity index (χ1) is 11.9. The highest BCUT2D eigenvalue weighted by Crippen LogP contribution is 2.46. The summed E-state index contributed by atoms with van der Waals surface area (Å²) in [5.74, 6) is 0.267. The molecule has 3 rings (SSSR count). The zero-order chi connectivity index (χ0) is 17.9. The summed E-state index contributed by atoms with van der Waals surface area (Å²) in [6.07, 6.45) is 5.08. The van der Waals surface area contributed by atoms with Crippen molar-refractivity contribution < 1.29 is 9.59 Å². The fourth-order valence-corrected chi connectivity index (χ4v) is 4.74. The van der Waals surface area contributed by atoms with Crippen molar-refractivity contribution in [3.8, 4) is 0 Å². The van der Waals surface area contributed by atoms with Crippen molar-refractivity contribution in [2.24, 2.45) is 5.92 Å². The molecule has 0 unspecified atom stereocenters. The highest BCUT2D eigenvalue weighted by molar-refractivity contribution is 5.22. The van der Waals surface area contributed by atoms with Crippen molar-refractivity contribution in [1.29, 1.82) is 0 Å². The number of hydrogen-bond donors (Lipinski definition) is 1. The first-order valence-corrected chi connectivity index (χ1v) is 9.52. The minimum Gasteiger partial charge on any atom is -0.389 e. The fourth-order valence-electron chi connectivity index (χ4n) is 4.74. The van der Waals surface area contributed by atoms with Gasteiger partial charge in [-0.1, -0.05) is 73.5 Å². The topological polar surface area (TPSA) is 20.2 Å². The number of hydrogen-bond acceptors (Lipinski definition) is 1. The molecule has 0 bridgehead atoms. The van der Waals surface area contributed by atoms with Crippen LogP contribution in [0.25, 0.3) is 0 Å². The quantitative estimate of drug-likeness (QED) is 0.790. The summed E-state index contributed by atoms with van der Waals surface area (Å²) < 4.78 is 0.839. The van der Waals surface area contributed by atoms with Gasteiger partial charge in [0.15, 0.2) is 0 Å². The number of aliphatic hydroxyl groups is 1. The molecule has 0 aliphatic heterocycles. The lowest BCUT2D eigenvalue weighted by Crippen LogP contribution is -2.53. The summed E-state index contributed by atoms with van der Waals surface area (Å²) in [5, 5.41) is 11.8. The lowest BCUT2D eigenvalue weighted by molar-refractivity contribution is -0.908. The van der Waals surface area contributed by atoms with E-state index in [1.807, 2.05) is 6.07 Å². The Morgan fingerprint density at radius 3 is 2.16 bits per heavy atom. The molecule has 0 radical (unpaired) electrons. The van der Waals surface area contributed by atoms with E-state index in [9.17, 15) is 5.11 Å². The molecule has 25 heavy (non-hydrogen) atoms. The van der Waals surface area contributed by atoms with E-state index < -0.39 is 5.60 Å². The molecule has 1 saturated carbocycles. The molecule has 1 aliphatic carbocycles. The number of rotatable bonds is 5. The van der Waals surface area contributed by atoms with E-state index in [4.69, 9.17) is 0 Å². The Balaban J connectivity index is 1.97. The molecule has 0 aromatic heterocycles. The molecule has 0 spiro atoms. The summed E-state index contributed by atoms with van der Waals surface area (Å²) in [6, 6.07) is 21.6. The van der Waals surface area contributed by atoms with Gasteiger partial charge in [0.1, 0.15) is 6.04 Å². The van der Waals surface area contributed by atoms with Gasteiger partial charge in [0.25, 0.3) is 0 Å². The maximum Gasteiger partial charge on any atom is 0.120 e. The summed E-state index contributed by atoms with van der Waals surface area (Å²) in [5.41, 5.74) is 1.95. The van der Waals surface area contributed by atoms with Crippen molar-refractivity contribution in [1.82, 2.24) is 0 Å². The van der Waals surface area contributed by atoms with Gasteiger partial charge in [-0.15, -0.1) is 0 Å². The van der Waals surface area contributed by atoms with E-state index >= 15 is 0 Å². The van der Waals surface area contributed by atoms with Crippen LogP contribution < -0.4 is 0 Å². The Morgan fingerprint density at radius 1 is 0.960 bits per heavy atom. The molecule has 2 nitrogen and oxygen atoms in total. The van der Waals surface area contributed by atoms with Gasteiger partial charge in [-0.05, 0) is 18.4 Å². The van der Waals surface area contributed by atoms with Crippen molar-refractivity contribution in [3.63, 3.8) is 0 Å². The average Bonchev–Trinajstić information content (AvgIpc) is 2.57. The van der Waals surface area contributed by atoms with Crippen molar-refractivity contribution in [3.05, 3.63) is 71.8 Å². The van der Waals surface area contributed by atoms with Crippen LogP contribution in [0.4, 0.5) is 0 Å². The van der Waals surface area contributed by atoms with Gasteiger partial charge in [0, 0.05) is 17.9 Å². The van der Waals surface area contributed by atoms with E-state index in [0.29, 0.717) is 6.04 Å². The molecule has 0 amide bonds. The second-order valence-electron chi connectivity index (χ2n) is 8.59. The molecule has 3 atom stereocenters. The van der Waals surface area contributed by atoms with Crippen LogP contribution in [-0.4, -0.2) is 36.3 Å². The highest BCUT2D eigenvalue weighted by Gasteiger charge is 2.48. The Morgan fingerprint density at radius 2 is 1.56 bits per heavy atom. The zero-order valence-electron chi connectivity index (χ0n) is 15.9. The van der Waals surface area contributed by atoms with Gasteiger partial charge < -0.3 is 9.59 Å². The van der Waals surface area contributed by atoms with Crippen LogP contribution in [0.15, 0.2) is 60.7 Å². The second-order valence-corrected chi connectivity index (χ2v) is 8.59. The maximum absolute atomic E-state index is 11.8. The number of quaternary nitrogens is 1. The van der Waals surface area contributed by atoms with E-state index in [1.54, 1.807) is 0 Å². The molecule has 1 fully saturated rings. The summed E-state index contributed by atoms with van der Waals surface area (Å²) in [4.78, 5) is 0. The van der Waals surface area contributed by atoms with Crippen LogP contribution in [0.5, 0.6) is 0 Å². The maximum atomic E-state index is 11.8. The van der Waals surface area contributed by atoms with Crippen molar-refractivity contribution in [2.75, 3.05) is 21.1 Å². The smallest absolute Gasteiger partial charge is 0.120 e. The van der Waals surface area contributed by atoms with Gasteiger partial charge in [0.05, 0.1) is 26.7 Å². The van der Waals surface area contributed by atoms with E-state index in [1.165, 1.54) is 17.5 Å². The predicted octanol–water partition coefficient (Wildman–Crippen LogP) is 4.60. The van der Waals surface area contributed by atoms with Crippen molar-refractivity contribution in [2.45, 2.75) is 43.7 Å². The largest absolute Gasteiger partial charge is 0.389 e. The predicted molar refractivity (Wildman–Crippen MR) is 104 cm³/mol. The minimum absolute atomic E-state index is 0.267. The Hall–Kier alpha value is -1.64.